The Morgan fingerprint density at radius 1 is 0.886 bits per heavy atom. The molecule has 4 aromatic carbocycles. The molecule has 0 aromatic heterocycles. The molecule has 1 saturated heterocycles. The first-order valence-electron chi connectivity index (χ1n) is 13.9. The van der Waals surface area contributed by atoms with Gasteiger partial charge >= 0.3 is 6.09 Å². The van der Waals surface area contributed by atoms with E-state index in [1.54, 1.807) is 30.3 Å². The molecule has 2 N–H and O–H groups in total. The monoisotopic (exact) mass is 601 g/mol. The number of hydrogen-bond donors (Lipinski definition) is 2. The zero-order chi connectivity index (χ0) is 31.2. The summed E-state index contributed by atoms with van der Waals surface area (Å²) in [5, 5.41) is 25.2. The highest BCUT2D eigenvalue weighted by Gasteiger charge is 2.46. The summed E-state index contributed by atoms with van der Waals surface area (Å²) in [6.07, 6.45) is -2.08. The van der Waals surface area contributed by atoms with Crippen molar-refractivity contribution in [2.24, 2.45) is 11.2 Å². The number of phenolic OH excluding ortho intramolecular Hbond substituents is 1. The highest BCUT2D eigenvalue weighted by Crippen LogP contribution is 2.41. The number of ether oxygens (including phenoxy) is 1. The third-order valence-corrected chi connectivity index (χ3v) is 7.68. The number of aliphatic hydroxyl groups excluding tert-OH is 1. The summed E-state index contributed by atoms with van der Waals surface area (Å²) in [4.78, 5) is 41.1. The summed E-state index contributed by atoms with van der Waals surface area (Å²) < 4.78 is 32.7. The second-order valence-electron chi connectivity index (χ2n) is 10.4. The van der Waals surface area contributed by atoms with E-state index in [9.17, 15) is 33.5 Å². The van der Waals surface area contributed by atoms with E-state index in [-0.39, 0.29) is 30.9 Å². The Kier molecular flexibility index (Phi) is 9.25. The fourth-order valence-corrected chi connectivity index (χ4v) is 5.44. The molecular formula is C33H29F2N3O6. The van der Waals surface area contributed by atoms with E-state index >= 15 is 0 Å². The van der Waals surface area contributed by atoms with Gasteiger partial charge in [-0.3, -0.25) is 4.79 Å². The standard InChI is InChI=1S/C33H29F2N3O6/c34-24-10-6-22(7-11-24)30(40)19-18-28(32(41)37-29(20-44-33(37)42)21-4-2-1-3-5-21)31(23-8-16-27(39)17-9-23)38(36-43)26-14-12-25(35)13-15-26/h1-17,28-31,39-40H,18-20H2. The lowest BCUT2D eigenvalue weighted by Crippen LogP contribution is -2.44. The summed E-state index contributed by atoms with van der Waals surface area (Å²) in [5.41, 5.74) is 1.61. The Balaban J connectivity index is 1.59. The molecule has 1 aliphatic heterocycles. The molecule has 11 heteroatoms. The fourth-order valence-electron chi connectivity index (χ4n) is 5.44. The zero-order valence-corrected chi connectivity index (χ0v) is 23.4. The van der Waals surface area contributed by atoms with Gasteiger partial charge in [0.15, 0.2) is 0 Å². The Morgan fingerprint density at radius 3 is 2.09 bits per heavy atom. The molecule has 226 valence electrons. The normalized spacial score (nSPS) is 16.6. The number of nitrogens with zero attached hydrogens (tertiary/aromatic N) is 3. The number of imide groups is 1. The maximum absolute atomic E-state index is 14.5. The van der Waals surface area contributed by atoms with Crippen LogP contribution in [0.2, 0.25) is 0 Å². The van der Waals surface area contributed by atoms with Crippen molar-refractivity contribution in [2.45, 2.75) is 31.0 Å². The van der Waals surface area contributed by atoms with E-state index in [0.29, 0.717) is 16.7 Å². The van der Waals surface area contributed by atoms with Gasteiger partial charge in [-0.1, -0.05) is 54.6 Å². The number of aliphatic hydroxyl groups is 1. The van der Waals surface area contributed by atoms with Crippen molar-refractivity contribution in [3.63, 3.8) is 0 Å². The molecule has 0 spiro atoms. The number of hydrogen-bond acceptors (Lipinski definition) is 7. The number of carbonyl (C=O) groups is 2. The average Bonchev–Trinajstić information content (AvgIpc) is 3.43. The number of nitroso groups, excluding NO2 is 1. The number of phenols is 1. The van der Waals surface area contributed by atoms with Gasteiger partial charge in [-0.15, -0.1) is 4.91 Å². The molecule has 4 atom stereocenters. The first kappa shape index (κ1) is 30.3. The van der Waals surface area contributed by atoms with Crippen LogP contribution in [0.25, 0.3) is 0 Å². The minimum atomic E-state index is -1.20. The van der Waals surface area contributed by atoms with Crippen molar-refractivity contribution in [3.05, 3.63) is 136 Å². The van der Waals surface area contributed by atoms with Gasteiger partial charge in [0.2, 0.25) is 5.91 Å². The maximum atomic E-state index is 14.5. The van der Waals surface area contributed by atoms with Crippen LogP contribution in [-0.4, -0.2) is 33.7 Å². The number of amides is 2. The van der Waals surface area contributed by atoms with Crippen molar-refractivity contribution in [3.8, 4) is 5.75 Å². The number of cyclic esters (lactones) is 1. The number of aromatic hydroxyl groups is 1. The molecule has 5 rings (SSSR count). The van der Waals surface area contributed by atoms with Gasteiger partial charge < -0.3 is 14.9 Å². The van der Waals surface area contributed by atoms with E-state index < -0.39 is 47.7 Å². The molecule has 44 heavy (non-hydrogen) atoms. The third kappa shape index (κ3) is 6.57. The molecule has 1 heterocycles. The summed E-state index contributed by atoms with van der Waals surface area (Å²) in [7, 11) is 0. The molecule has 1 aliphatic rings. The molecular weight excluding hydrogens is 572 g/mol. The van der Waals surface area contributed by atoms with E-state index in [1.165, 1.54) is 60.7 Å². The van der Waals surface area contributed by atoms with Gasteiger partial charge in [-0.25, -0.2) is 23.5 Å². The topological polar surface area (TPSA) is 120 Å². The first-order chi connectivity index (χ1) is 21.3. The molecule has 4 aromatic rings. The van der Waals surface area contributed by atoms with Gasteiger partial charge in [0.25, 0.3) is 0 Å². The first-order valence-corrected chi connectivity index (χ1v) is 13.9. The molecule has 1 fully saturated rings. The summed E-state index contributed by atoms with van der Waals surface area (Å²) in [6.45, 7) is -0.0863. The van der Waals surface area contributed by atoms with Gasteiger partial charge in [0, 0.05) is 0 Å². The molecule has 0 saturated carbocycles. The highest BCUT2D eigenvalue weighted by atomic mass is 19.1. The number of anilines is 1. The van der Waals surface area contributed by atoms with E-state index in [4.69, 9.17) is 4.74 Å². The summed E-state index contributed by atoms with van der Waals surface area (Å²) in [6, 6.07) is 22.9. The second kappa shape index (κ2) is 13.4. The Hall–Kier alpha value is -5.16. The molecule has 0 radical (unpaired) electrons. The van der Waals surface area contributed by atoms with Crippen LogP contribution in [0.1, 0.15) is 47.7 Å². The lowest BCUT2D eigenvalue weighted by atomic mass is 9.85. The third-order valence-electron chi connectivity index (χ3n) is 7.68. The molecule has 4 unspecified atom stereocenters. The Bertz CT molecular complexity index is 1590. The number of rotatable bonds is 11. The summed E-state index contributed by atoms with van der Waals surface area (Å²) in [5.74, 6) is -2.99. The van der Waals surface area contributed by atoms with Crippen molar-refractivity contribution < 1.29 is 33.3 Å². The van der Waals surface area contributed by atoms with Crippen LogP contribution >= 0.6 is 0 Å². The quantitative estimate of drug-likeness (QED) is 0.144. The van der Waals surface area contributed by atoms with Crippen LogP contribution in [-0.2, 0) is 9.53 Å². The SMILES string of the molecule is O=NN(c1ccc(F)cc1)C(c1ccc(O)cc1)C(CCC(O)c1ccc(F)cc1)C(=O)N1C(=O)OCC1c1ccccc1. The molecule has 2 amide bonds. The number of carbonyl (C=O) groups excluding carboxylic acids is 2. The van der Waals surface area contributed by atoms with Crippen LogP contribution in [0.3, 0.4) is 0 Å². The van der Waals surface area contributed by atoms with E-state index in [1.807, 2.05) is 0 Å². The van der Waals surface area contributed by atoms with Crippen molar-refractivity contribution in [1.82, 2.24) is 4.90 Å². The lowest BCUT2D eigenvalue weighted by molar-refractivity contribution is -0.134. The predicted octanol–water partition coefficient (Wildman–Crippen LogP) is 6.75. The van der Waals surface area contributed by atoms with Crippen molar-refractivity contribution in [1.29, 1.82) is 0 Å². The van der Waals surface area contributed by atoms with Crippen LogP contribution < -0.4 is 5.01 Å². The van der Waals surface area contributed by atoms with Crippen LogP contribution in [0.5, 0.6) is 5.75 Å². The van der Waals surface area contributed by atoms with E-state index in [0.717, 1.165) is 22.0 Å². The summed E-state index contributed by atoms with van der Waals surface area (Å²) >= 11 is 0. The van der Waals surface area contributed by atoms with Crippen LogP contribution in [0.4, 0.5) is 19.3 Å². The largest absolute Gasteiger partial charge is 0.508 e. The Morgan fingerprint density at radius 2 is 1.48 bits per heavy atom. The fraction of sp³-hybridized carbons (Fsp3) is 0.212. The van der Waals surface area contributed by atoms with Gasteiger partial charge in [-0.05, 0) is 78.1 Å². The maximum Gasteiger partial charge on any atom is 0.417 e. The molecule has 9 nitrogen and oxygen atoms in total. The highest BCUT2D eigenvalue weighted by molar-refractivity contribution is 5.95. The predicted molar refractivity (Wildman–Crippen MR) is 157 cm³/mol. The zero-order valence-electron chi connectivity index (χ0n) is 23.4. The van der Waals surface area contributed by atoms with Gasteiger partial charge in [0.05, 0.1) is 29.0 Å². The van der Waals surface area contributed by atoms with Crippen molar-refractivity contribution >= 4 is 17.7 Å². The van der Waals surface area contributed by atoms with E-state index in [2.05, 4.69) is 5.29 Å². The Labute approximate surface area is 251 Å². The molecule has 0 aliphatic carbocycles. The average molecular weight is 602 g/mol. The number of halogens is 2. The smallest absolute Gasteiger partial charge is 0.417 e. The minimum Gasteiger partial charge on any atom is -0.508 e. The van der Waals surface area contributed by atoms with Crippen LogP contribution in [0.15, 0.2) is 108 Å². The number of benzene rings is 4. The lowest BCUT2D eigenvalue weighted by Gasteiger charge is -2.35. The van der Waals surface area contributed by atoms with Gasteiger partial charge in [-0.2, -0.15) is 0 Å². The van der Waals surface area contributed by atoms with Crippen molar-refractivity contribution in [2.75, 3.05) is 11.6 Å². The van der Waals surface area contributed by atoms with Gasteiger partial charge in [0.1, 0.15) is 30.0 Å². The minimum absolute atomic E-state index is 0.0222. The second-order valence-corrected chi connectivity index (χ2v) is 10.4. The molecule has 0 bridgehead atoms. The van der Waals surface area contributed by atoms with Crippen LogP contribution in [0, 0.1) is 22.5 Å².